The van der Waals surface area contributed by atoms with Gasteiger partial charge in [-0.2, -0.15) is 0 Å². The molecule has 1 saturated heterocycles. The zero-order chi connectivity index (χ0) is 13.0. The molecule has 1 aromatic rings. The first-order chi connectivity index (χ1) is 9.22. The summed E-state index contributed by atoms with van der Waals surface area (Å²) in [5, 5.41) is 10.3. The van der Waals surface area contributed by atoms with E-state index in [4.69, 9.17) is 0 Å². The van der Waals surface area contributed by atoms with Crippen LogP contribution in [0.5, 0.6) is 5.75 Å². The van der Waals surface area contributed by atoms with Crippen molar-refractivity contribution in [3.8, 4) is 5.75 Å². The van der Waals surface area contributed by atoms with Crippen LogP contribution in [0.2, 0.25) is 0 Å². The van der Waals surface area contributed by atoms with Crippen molar-refractivity contribution in [1.82, 2.24) is 4.90 Å². The van der Waals surface area contributed by atoms with Crippen molar-refractivity contribution in [1.29, 1.82) is 0 Å². The van der Waals surface area contributed by atoms with Crippen molar-refractivity contribution >= 4 is 0 Å². The first kappa shape index (κ1) is 11.8. The number of hydrogen-bond acceptors (Lipinski definition) is 2. The topological polar surface area (TPSA) is 23.5 Å². The van der Waals surface area contributed by atoms with Gasteiger partial charge in [-0.15, -0.1) is 0 Å². The molecule has 4 rings (SSSR count). The highest BCUT2D eigenvalue weighted by molar-refractivity contribution is 5.48. The largest absolute Gasteiger partial charge is 0.508 e. The van der Waals surface area contributed by atoms with Crippen LogP contribution in [0.3, 0.4) is 0 Å². The number of aromatic hydroxyl groups is 1. The van der Waals surface area contributed by atoms with Gasteiger partial charge in [0.25, 0.3) is 0 Å². The molecular formula is C17H23NO. The van der Waals surface area contributed by atoms with Crippen LogP contribution in [0.4, 0.5) is 0 Å². The molecule has 1 aliphatic heterocycles. The van der Waals surface area contributed by atoms with Gasteiger partial charge in [-0.25, -0.2) is 0 Å². The number of fused-ring (bicyclic) bond motifs is 1. The van der Waals surface area contributed by atoms with Crippen molar-refractivity contribution < 1.29 is 5.11 Å². The Balaban J connectivity index is 1.92. The lowest BCUT2D eigenvalue weighted by Gasteiger charge is -2.58. The van der Waals surface area contributed by atoms with Crippen LogP contribution in [0.25, 0.3) is 0 Å². The minimum Gasteiger partial charge on any atom is -0.508 e. The number of likely N-dealkylation sites (N-methyl/N-ethyl adjacent to an activating group) is 1. The second kappa shape index (κ2) is 3.99. The zero-order valence-corrected chi connectivity index (χ0v) is 11.7. The van der Waals surface area contributed by atoms with E-state index in [1.54, 1.807) is 0 Å². The first-order valence-electron chi connectivity index (χ1n) is 7.74. The summed E-state index contributed by atoms with van der Waals surface area (Å²) in [6.07, 6.45) is 7.79. The summed E-state index contributed by atoms with van der Waals surface area (Å²) in [6, 6.07) is 6.87. The number of hydrogen-bond donors (Lipinski definition) is 1. The van der Waals surface area contributed by atoms with E-state index in [-0.39, 0.29) is 0 Å². The summed E-state index contributed by atoms with van der Waals surface area (Å²) < 4.78 is 0. The van der Waals surface area contributed by atoms with Gasteiger partial charge in [0.1, 0.15) is 5.75 Å². The maximum absolute atomic E-state index is 10.3. The summed E-state index contributed by atoms with van der Waals surface area (Å²) in [5.41, 5.74) is 3.11. The second-order valence-corrected chi connectivity index (χ2v) is 6.81. The van der Waals surface area contributed by atoms with Gasteiger partial charge >= 0.3 is 0 Å². The Morgan fingerprint density at radius 1 is 1.26 bits per heavy atom. The molecule has 19 heavy (non-hydrogen) atoms. The molecule has 0 spiro atoms. The third-order valence-corrected chi connectivity index (χ3v) is 6.14. The van der Waals surface area contributed by atoms with Crippen molar-refractivity contribution in [2.45, 2.75) is 50.0 Å². The highest BCUT2D eigenvalue weighted by Gasteiger charge is 2.53. The zero-order valence-electron chi connectivity index (χ0n) is 11.7. The molecule has 2 aliphatic carbocycles. The number of benzene rings is 1. The molecule has 0 amide bonds. The third-order valence-electron chi connectivity index (χ3n) is 6.14. The molecule has 2 heteroatoms. The van der Waals surface area contributed by atoms with Crippen LogP contribution < -0.4 is 0 Å². The molecule has 1 aromatic carbocycles. The number of nitrogens with zero attached hydrogens (tertiary/aromatic N) is 1. The maximum atomic E-state index is 10.3. The van der Waals surface area contributed by atoms with Gasteiger partial charge in [0.15, 0.2) is 0 Å². The molecule has 1 saturated carbocycles. The van der Waals surface area contributed by atoms with E-state index in [9.17, 15) is 5.11 Å². The quantitative estimate of drug-likeness (QED) is 0.772. The van der Waals surface area contributed by atoms with E-state index in [1.165, 1.54) is 49.8 Å². The summed E-state index contributed by atoms with van der Waals surface area (Å²) >= 11 is 0. The lowest BCUT2D eigenvalue weighted by molar-refractivity contribution is 0.00228. The van der Waals surface area contributed by atoms with Crippen LogP contribution >= 0.6 is 0 Å². The van der Waals surface area contributed by atoms with E-state index in [2.05, 4.69) is 18.0 Å². The molecule has 102 valence electrons. The SMILES string of the molecule is CN1CCC23CCCCC2[C@H]1Cc1c(O)cccc13. The molecular weight excluding hydrogens is 234 g/mol. The molecule has 2 nitrogen and oxygen atoms in total. The first-order valence-corrected chi connectivity index (χ1v) is 7.74. The fourth-order valence-electron chi connectivity index (χ4n) is 5.22. The Bertz CT molecular complexity index is 512. The Morgan fingerprint density at radius 2 is 2.16 bits per heavy atom. The fraction of sp³-hybridized carbons (Fsp3) is 0.647. The highest BCUT2D eigenvalue weighted by Crippen LogP contribution is 2.56. The molecule has 3 aliphatic rings. The minimum absolute atomic E-state index is 0.377. The standard InChI is InChI=1S/C17H23NO/c1-18-10-9-17-8-3-2-5-14(17)15(18)11-12-13(17)6-4-7-16(12)19/h4,6-7,14-15,19H,2-3,5,8-11H2,1H3/t14?,15-,17?/m1/s1. The van der Waals surface area contributed by atoms with Crippen LogP contribution in [0.15, 0.2) is 18.2 Å². The van der Waals surface area contributed by atoms with E-state index >= 15 is 0 Å². The maximum Gasteiger partial charge on any atom is 0.119 e. The summed E-state index contributed by atoms with van der Waals surface area (Å²) in [5.74, 6) is 1.34. The Labute approximate surface area is 115 Å². The average Bonchev–Trinajstić information content (AvgIpc) is 2.44. The van der Waals surface area contributed by atoms with Gasteiger partial charge in [0.05, 0.1) is 0 Å². The smallest absolute Gasteiger partial charge is 0.119 e. The number of phenols is 1. The third kappa shape index (κ3) is 1.47. The lowest BCUT2D eigenvalue weighted by atomic mass is 9.52. The van der Waals surface area contributed by atoms with E-state index in [1.807, 2.05) is 12.1 Å². The number of phenolic OH excluding ortho intramolecular Hbond substituents is 1. The summed E-state index contributed by atoms with van der Waals surface area (Å²) in [4.78, 5) is 2.55. The van der Waals surface area contributed by atoms with Gasteiger partial charge in [-0.1, -0.05) is 25.0 Å². The summed E-state index contributed by atoms with van der Waals surface area (Å²) in [6.45, 7) is 1.22. The summed E-state index contributed by atoms with van der Waals surface area (Å²) in [7, 11) is 2.27. The molecule has 1 N–H and O–H groups in total. The van der Waals surface area contributed by atoms with Gasteiger partial charge in [0.2, 0.25) is 0 Å². The Kier molecular flexibility index (Phi) is 2.47. The predicted octanol–water partition coefficient (Wildman–Crippen LogP) is 3.08. The minimum atomic E-state index is 0.377. The Morgan fingerprint density at radius 3 is 3.05 bits per heavy atom. The number of likely N-dealkylation sites (tertiary alicyclic amines) is 1. The predicted molar refractivity (Wildman–Crippen MR) is 76.5 cm³/mol. The van der Waals surface area contributed by atoms with Crippen molar-refractivity contribution in [2.24, 2.45) is 5.92 Å². The number of piperidine rings is 1. The molecule has 2 fully saturated rings. The molecule has 0 aromatic heterocycles. The average molecular weight is 257 g/mol. The fourth-order valence-corrected chi connectivity index (χ4v) is 5.22. The van der Waals surface area contributed by atoms with Crippen LogP contribution in [-0.2, 0) is 11.8 Å². The monoisotopic (exact) mass is 257 g/mol. The van der Waals surface area contributed by atoms with Crippen molar-refractivity contribution in [3.05, 3.63) is 29.3 Å². The van der Waals surface area contributed by atoms with Gasteiger partial charge in [0, 0.05) is 11.5 Å². The second-order valence-electron chi connectivity index (χ2n) is 6.81. The Hall–Kier alpha value is -1.02. The van der Waals surface area contributed by atoms with Gasteiger partial charge < -0.3 is 10.0 Å². The van der Waals surface area contributed by atoms with Crippen LogP contribution in [0.1, 0.15) is 43.2 Å². The van der Waals surface area contributed by atoms with Gasteiger partial charge in [-0.05, 0) is 62.4 Å². The van der Waals surface area contributed by atoms with Crippen molar-refractivity contribution in [2.75, 3.05) is 13.6 Å². The van der Waals surface area contributed by atoms with E-state index < -0.39 is 0 Å². The number of rotatable bonds is 0. The lowest BCUT2D eigenvalue weighted by Crippen LogP contribution is -2.59. The molecule has 2 bridgehead atoms. The highest BCUT2D eigenvalue weighted by atomic mass is 16.3. The van der Waals surface area contributed by atoms with E-state index in [0.29, 0.717) is 17.2 Å². The molecule has 2 unspecified atom stereocenters. The van der Waals surface area contributed by atoms with Crippen molar-refractivity contribution in [3.63, 3.8) is 0 Å². The van der Waals surface area contributed by atoms with Crippen LogP contribution in [-0.4, -0.2) is 29.6 Å². The normalized spacial score (nSPS) is 37.5. The van der Waals surface area contributed by atoms with E-state index in [0.717, 1.165) is 12.3 Å². The van der Waals surface area contributed by atoms with Crippen LogP contribution in [0, 0.1) is 5.92 Å². The van der Waals surface area contributed by atoms with Gasteiger partial charge in [-0.3, -0.25) is 0 Å². The molecule has 1 heterocycles. The molecule has 3 atom stereocenters. The molecule has 0 radical (unpaired) electrons.